The predicted octanol–water partition coefficient (Wildman–Crippen LogP) is 2.72. The van der Waals surface area contributed by atoms with Crippen LogP contribution in [0.3, 0.4) is 0 Å². The second-order valence-corrected chi connectivity index (χ2v) is 6.90. The van der Waals surface area contributed by atoms with Crippen molar-refractivity contribution >= 4 is 11.2 Å². The molecule has 0 unspecified atom stereocenters. The summed E-state index contributed by atoms with van der Waals surface area (Å²) in [6, 6.07) is 13.5. The molecule has 29 heavy (non-hydrogen) atoms. The highest BCUT2D eigenvalue weighted by molar-refractivity contribution is 5.72. The highest BCUT2D eigenvalue weighted by Gasteiger charge is 2.21. The Morgan fingerprint density at radius 1 is 0.966 bits per heavy atom. The summed E-state index contributed by atoms with van der Waals surface area (Å²) in [5, 5.41) is 0. The van der Waals surface area contributed by atoms with E-state index in [0.717, 1.165) is 15.7 Å². The normalized spacial score (nSPS) is 11.2. The third-order valence-electron chi connectivity index (χ3n) is 4.80. The molecule has 0 aliphatic heterocycles. The number of aryl methyl sites for hydroxylation is 2. The van der Waals surface area contributed by atoms with Crippen LogP contribution in [0.15, 0.2) is 58.1 Å². The molecule has 0 N–H and O–H groups in total. The third kappa shape index (κ3) is 3.33. The fraction of sp³-hybridized carbons (Fsp3) is 0.190. The van der Waals surface area contributed by atoms with Crippen molar-refractivity contribution in [2.75, 3.05) is 0 Å². The average molecular weight is 394 g/mol. The van der Waals surface area contributed by atoms with Crippen molar-refractivity contribution < 1.29 is 9.13 Å². The molecule has 0 atom stereocenters. The molecular formula is C21H19FN4O3. The van der Waals surface area contributed by atoms with Crippen LogP contribution in [0.4, 0.5) is 4.39 Å². The van der Waals surface area contributed by atoms with E-state index in [1.807, 2.05) is 31.2 Å². The maximum absolute atomic E-state index is 13.2. The first-order valence-electron chi connectivity index (χ1n) is 9.00. The SMILES string of the molecule is Cc1ccc(Cn2c(Oc3ccc(F)cc3)nc3c2c(=O)n(C)c(=O)n3C)cc1. The van der Waals surface area contributed by atoms with E-state index >= 15 is 0 Å². The van der Waals surface area contributed by atoms with Gasteiger partial charge in [-0.25, -0.2) is 9.18 Å². The summed E-state index contributed by atoms with van der Waals surface area (Å²) < 4.78 is 23.1. The van der Waals surface area contributed by atoms with E-state index in [1.165, 1.54) is 35.9 Å². The van der Waals surface area contributed by atoms with E-state index in [2.05, 4.69) is 4.98 Å². The van der Waals surface area contributed by atoms with Crippen LogP contribution in [0.2, 0.25) is 0 Å². The summed E-state index contributed by atoms with van der Waals surface area (Å²) in [5.74, 6) is -0.0181. The topological polar surface area (TPSA) is 71.1 Å². The van der Waals surface area contributed by atoms with Crippen LogP contribution in [-0.2, 0) is 20.6 Å². The molecule has 8 heteroatoms. The molecule has 0 fully saturated rings. The van der Waals surface area contributed by atoms with Gasteiger partial charge in [-0.05, 0) is 36.8 Å². The lowest BCUT2D eigenvalue weighted by Gasteiger charge is -2.10. The van der Waals surface area contributed by atoms with Crippen molar-refractivity contribution in [1.29, 1.82) is 0 Å². The van der Waals surface area contributed by atoms with Crippen LogP contribution >= 0.6 is 0 Å². The van der Waals surface area contributed by atoms with E-state index in [0.29, 0.717) is 12.3 Å². The highest BCUT2D eigenvalue weighted by atomic mass is 19.1. The molecule has 4 rings (SSSR count). The van der Waals surface area contributed by atoms with Crippen molar-refractivity contribution in [3.8, 4) is 11.8 Å². The maximum atomic E-state index is 13.2. The first kappa shape index (κ1) is 18.7. The molecule has 0 saturated heterocycles. The first-order valence-corrected chi connectivity index (χ1v) is 9.00. The van der Waals surface area contributed by atoms with Gasteiger partial charge in [0.2, 0.25) is 0 Å². The second kappa shape index (κ2) is 7.05. The largest absolute Gasteiger partial charge is 0.425 e. The van der Waals surface area contributed by atoms with Gasteiger partial charge in [-0.3, -0.25) is 18.5 Å². The van der Waals surface area contributed by atoms with Gasteiger partial charge in [-0.15, -0.1) is 0 Å². The lowest BCUT2D eigenvalue weighted by Crippen LogP contribution is -2.37. The second-order valence-electron chi connectivity index (χ2n) is 6.90. The average Bonchev–Trinajstić information content (AvgIpc) is 3.06. The van der Waals surface area contributed by atoms with Crippen molar-refractivity contribution in [2.24, 2.45) is 14.1 Å². The zero-order valence-corrected chi connectivity index (χ0v) is 16.2. The van der Waals surface area contributed by atoms with Gasteiger partial charge in [-0.2, -0.15) is 4.98 Å². The summed E-state index contributed by atoms with van der Waals surface area (Å²) in [6.07, 6.45) is 0. The molecule has 0 saturated carbocycles. The van der Waals surface area contributed by atoms with Crippen LogP contribution in [0.25, 0.3) is 11.2 Å². The molecule has 0 spiro atoms. The number of hydrogen-bond acceptors (Lipinski definition) is 4. The lowest BCUT2D eigenvalue weighted by atomic mass is 10.1. The van der Waals surface area contributed by atoms with Gasteiger partial charge in [0.25, 0.3) is 5.56 Å². The Bertz CT molecular complexity index is 1320. The minimum absolute atomic E-state index is 0.144. The minimum Gasteiger partial charge on any atom is -0.425 e. The first-order chi connectivity index (χ1) is 13.8. The summed E-state index contributed by atoms with van der Waals surface area (Å²) in [4.78, 5) is 29.6. The number of fused-ring (bicyclic) bond motifs is 1. The highest BCUT2D eigenvalue weighted by Crippen LogP contribution is 2.25. The van der Waals surface area contributed by atoms with Gasteiger partial charge in [0.15, 0.2) is 11.2 Å². The van der Waals surface area contributed by atoms with Crippen molar-refractivity contribution in [2.45, 2.75) is 13.5 Å². The smallest absolute Gasteiger partial charge is 0.332 e. The van der Waals surface area contributed by atoms with E-state index in [-0.39, 0.29) is 23.0 Å². The molecule has 0 aliphatic rings. The number of aromatic nitrogens is 4. The van der Waals surface area contributed by atoms with Crippen molar-refractivity contribution in [3.63, 3.8) is 0 Å². The molecular weight excluding hydrogens is 375 g/mol. The molecule has 7 nitrogen and oxygen atoms in total. The van der Waals surface area contributed by atoms with E-state index < -0.39 is 11.2 Å². The molecule has 148 valence electrons. The molecule has 4 aromatic rings. The number of nitrogens with zero attached hydrogens (tertiary/aromatic N) is 4. The molecule has 2 aromatic heterocycles. The Balaban J connectivity index is 1.93. The van der Waals surface area contributed by atoms with Gasteiger partial charge in [0.05, 0.1) is 6.54 Å². The minimum atomic E-state index is -0.476. The molecule has 0 radical (unpaired) electrons. The van der Waals surface area contributed by atoms with Gasteiger partial charge in [-0.1, -0.05) is 29.8 Å². The van der Waals surface area contributed by atoms with Crippen LogP contribution < -0.4 is 16.0 Å². The fourth-order valence-electron chi connectivity index (χ4n) is 3.14. The summed E-state index contributed by atoms with van der Waals surface area (Å²) in [5.41, 5.74) is 1.60. The molecule has 2 heterocycles. The summed E-state index contributed by atoms with van der Waals surface area (Å²) >= 11 is 0. The van der Waals surface area contributed by atoms with Gasteiger partial charge < -0.3 is 4.74 Å². The third-order valence-corrected chi connectivity index (χ3v) is 4.80. The Morgan fingerprint density at radius 2 is 1.62 bits per heavy atom. The molecule has 2 aromatic carbocycles. The van der Waals surface area contributed by atoms with E-state index in [1.54, 1.807) is 11.6 Å². The molecule has 0 amide bonds. The van der Waals surface area contributed by atoms with Gasteiger partial charge in [0, 0.05) is 14.1 Å². The van der Waals surface area contributed by atoms with E-state index in [4.69, 9.17) is 4.74 Å². The van der Waals surface area contributed by atoms with Crippen LogP contribution in [0, 0.1) is 12.7 Å². The van der Waals surface area contributed by atoms with Crippen molar-refractivity contribution in [3.05, 3.63) is 86.3 Å². The number of halogens is 1. The van der Waals surface area contributed by atoms with Crippen LogP contribution in [0.1, 0.15) is 11.1 Å². The Hall–Kier alpha value is -3.68. The number of hydrogen-bond donors (Lipinski definition) is 0. The quantitative estimate of drug-likeness (QED) is 0.534. The number of ether oxygens (including phenoxy) is 1. The number of rotatable bonds is 4. The Kier molecular flexibility index (Phi) is 4.54. The Morgan fingerprint density at radius 3 is 2.28 bits per heavy atom. The van der Waals surface area contributed by atoms with Crippen LogP contribution in [-0.4, -0.2) is 18.7 Å². The lowest BCUT2D eigenvalue weighted by molar-refractivity contribution is 0.420. The molecule has 0 aliphatic carbocycles. The van der Waals surface area contributed by atoms with Crippen molar-refractivity contribution in [1.82, 2.24) is 18.7 Å². The monoisotopic (exact) mass is 394 g/mol. The number of imidazole rings is 1. The zero-order chi connectivity index (χ0) is 20.7. The maximum Gasteiger partial charge on any atom is 0.332 e. The van der Waals surface area contributed by atoms with Crippen LogP contribution in [0.5, 0.6) is 11.8 Å². The fourth-order valence-corrected chi connectivity index (χ4v) is 3.14. The predicted molar refractivity (Wildman–Crippen MR) is 107 cm³/mol. The van der Waals surface area contributed by atoms with Gasteiger partial charge >= 0.3 is 11.7 Å². The standard InChI is InChI=1S/C21H19FN4O3/c1-13-4-6-14(7-5-13)12-26-17-18(24(2)21(28)25(3)19(17)27)23-20(26)29-16-10-8-15(22)9-11-16/h4-11H,12H2,1-3H3. The van der Waals surface area contributed by atoms with E-state index in [9.17, 15) is 14.0 Å². The summed E-state index contributed by atoms with van der Waals surface area (Å²) in [7, 11) is 2.98. The zero-order valence-electron chi connectivity index (χ0n) is 16.2. The molecule has 0 bridgehead atoms. The summed E-state index contributed by atoms with van der Waals surface area (Å²) in [6.45, 7) is 2.31. The Labute approximate surface area is 165 Å². The number of benzene rings is 2. The van der Waals surface area contributed by atoms with Gasteiger partial charge in [0.1, 0.15) is 11.6 Å².